The standard InChI is InChI=1S/C16H19ClFN3S/c1-19-16(20-9-7-12-4-3-11-22-12)21-10-8-13-14(17)5-2-6-15(13)18/h2-6,11H,7-10H2,1H3,(H2,19,20,21). The molecule has 3 nitrogen and oxygen atoms in total. The third kappa shape index (κ3) is 5.00. The maximum Gasteiger partial charge on any atom is 0.190 e. The number of rotatable bonds is 6. The van der Waals surface area contributed by atoms with Gasteiger partial charge in [-0.25, -0.2) is 4.39 Å². The van der Waals surface area contributed by atoms with Gasteiger partial charge in [0.1, 0.15) is 5.82 Å². The number of nitrogens with one attached hydrogen (secondary N) is 2. The van der Waals surface area contributed by atoms with Gasteiger partial charge in [0, 0.05) is 35.6 Å². The maximum atomic E-state index is 13.7. The first-order chi connectivity index (χ1) is 10.7. The first kappa shape index (κ1) is 16.8. The van der Waals surface area contributed by atoms with Crippen molar-refractivity contribution in [1.82, 2.24) is 10.6 Å². The van der Waals surface area contributed by atoms with Crippen molar-refractivity contribution in [2.45, 2.75) is 12.8 Å². The molecule has 1 heterocycles. The molecule has 22 heavy (non-hydrogen) atoms. The van der Waals surface area contributed by atoms with Crippen LogP contribution in [-0.2, 0) is 12.8 Å². The molecular weight excluding hydrogens is 321 g/mol. The Labute approximate surface area is 139 Å². The van der Waals surface area contributed by atoms with Gasteiger partial charge in [-0.05, 0) is 36.4 Å². The summed E-state index contributed by atoms with van der Waals surface area (Å²) in [7, 11) is 1.72. The number of thiophene rings is 1. The van der Waals surface area contributed by atoms with Crippen molar-refractivity contribution in [2.75, 3.05) is 20.1 Å². The zero-order valence-electron chi connectivity index (χ0n) is 12.4. The van der Waals surface area contributed by atoms with Crippen LogP contribution in [0.25, 0.3) is 0 Å². The molecule has 0 saturated carbocycles. The van der Waals surface area contributed by atoms with Crippen molar-refractivity contribution in [3.63, 3.8) is 0 Å². The predicted octanol–water partition coefficient (Wildman–Crippen LogP) is 3.49. The summed E-state index contributed by atoms with van der Waals surface area (Å²) in [6.07, 6.45) is 1.47. The highest BCUT2D eigenvalue weighted by Gasteiger charge is 2.06. The van der Waals surface area contributed by atoms with Crippen LogP contribution in [0.15, 0.2) is 40.7 Å². The number of hydrogen-bond donors (Lipinski definition) is 2. The van der Waals surface area contributed by atoms with Crippen molar-refractivity contribution in [1.29, 1.82) is 0 Å². The highest BCUT2D eigenvalue weighted by molar-refractivity contribution is 7.09. The minimum Gasteiger partial charge on any atom is -0.356 e. The molecule has 118 valence electrons. The SMILES string of the molecule is CN=C(NCCc1cccs1)NCCc1c(F)cccc1Cl. The van der Waals surface area contributed by atoms with E-state index in [1.807, 2.05) is 6.07 Å². The molecule has 0 amide bonds. The van der Waals surface area contributed by atoms with Gasteiger partial charge in [0.2, 0.25) is 0 Å². The summed E-state index contributed by atoms with van der Waals surface area (Å²) < 4.78 is 13.7. The molecule has 0 aliphatic carbocycles. The molecule has 1 aromatic carbocycles. The molecular formula is C16H19ClFN3S. The summed E-state index contributed by atoms with van der Waals surface area (Å²) >= 11 is 7.75. The summed E-state index contributed by atoms with van der Waals surface area (Å²) in [5.74, 6) is 0.443. The molecule has 0 aliphatic rings. The second-order valence-corrected chi connectivity index (χ2v) is 6.14. The minimum absolute atomic E-state index is 0.269. The van der Waals surface area contributed by atoms with Crippen LogP contribution in [0.5, 0.6) is 0 Å². The first-order valence-electron chi connectivity index (χ1n) is 7.10. The second-order valence-electron chi connectivity index (χ2n) is 4.71. The molecule has 0 bridgehead atoms. The van der Waals surface area contributed by atoms with Crippen LogP contribution in [0.2, 0.25) is 5.02 Å². The van der Waals surface area contributed by atoms with E-state index in [9.17, 15) is 4.39 Å². The van der Waals surface area contributed by atoms with Crippen molar-refractivity contribution in [2.24, 2.45) is 4.99 Å². The van der Waals surface area contributed by atoms with Crippen LogP contribution < -0.4 is 10.6 Å². The van der Waals surface area contributed by atoms with E-state index in [1.165, 1.54) is 10.9 Å². The molecule has 0 fully saturated rings. The molecule has 0 spiro atoms. The van der Waals surface area contributed by atoms with Gasteiger partial charge in [-0.2, -0.15) is 0 Å². The Bertz CT molecular complexity index is 594. The lowest BCUT2D eigenvalue weighted by atomic mass is 10.1. The lowest BCUT2D eigenvalue weighted by molar-refractivity contribution is 0.607. The van der Waals surface area contributed by atoms with E-state index in [0.717, 1.165) is 13.0 Å². The van der Waals surface area contributed by atoms with Crippen molar-refractivity contribution < 1.29 is 4.39 Å². The summed E-state index contributed by atoms with van der Waals surface area (Å²) in [6.45, 7) is 1.37. The number of guanidine groups is 1. The zero-order chi connectivity index (χ0) is 15.8. The van der Waals surface area contributed by atoms with Gasteiger partial charge in [-0.3, -0.25) is 4.99 Å². The van der Waals surface area contributed by atoms with Gasteiger partial charge in [0.15, 0.2) is 5.96 Å². The van der Waals surface area contributed by atoms with Crippen molar-refractivity contribution in [3.8, 4) is 0 Å². The Morgan fingerprint density at radius 1 is 1.18 bits per heavy atom. The molecule has 0 aliphatic heterocycles. The van der Waals surface area contributed by atoms with E-state index in [0.29, 0.717) is 29.5 Å². The molecule has 2 N–H and O–H groups in total. The Hall–Kier alpha value is -1.59. The summed E-state index contributed by atoms with van der Waals surface area (Å²) in [4.78, 5) is 5.49. The van der Waals surface area contributed by atoms with Gasteiger partial charge in [-0.1, -0.05) is 23.7 Å². The third-order valence-electron chi connectivity index (χ3n) is 3.20. The molecule has 0 saturated heterocycles. The van der Waals surface area contributed by atoms with Crippen molar-refractivity contribution >= 4 is 28.9 Å². The van der Waals surface area contributed by atoms with E-state index in [2.05, 4.69) is 27.1 Å². The van der Waals surface area contributed by atoms with Crippen LogP contribution in [0.4, 0.5) is 4.39 Å². The molecule has 0 radical (unpaired) electrons. The van der Waals surface area contributed by atoms with Crippen LogP contribution >= 0.6 is 22.9 Å². The minimum atomic E-state index is -0.269. The molecule has 2 aromatic rings. The van der Waals surface area contributed by atoms with Crippen LogP contribution in [0.3, 0.4) is 0 Å². The fourth-order valence-electron chi connectivity index (χ4n) is 2.06. The predicted molar refractivity (Wildman–Crippen MR) is 92.5 cm³/mol. The first-order valence-corrected chi connectivity index (χ1v) is 8.36. The normalized spacial score (nSPS) is 11.5. The van der Waals surface area contributed by atoms with E-state index in [4.69, 9.17) is 11.6 Å². The van der Waals surface area contributed by atoms with Gasteiger partial charge in [0.05, 0.1) is 0 Å². The number of halogens is 2. The second kappa shape index (κ2) is 8.76. The largest absolute Gasteiger partial charge is 0.356 e. The fraction of sp³-hybridized carbons (Fsp3) is 0.312. The lowest BCUT2D eigenvalue weighted by Crippen LogP contribution is -2.39. The summed E-state index contributed by atoms with van der Waals surface area (Å²) in [5, 5.41) is 8.94. The number of aliphatic imine (C=N–C) groups is 1. The number of hydrogen-bond acceptors (Lipinski definition) is 2. The lowest BCUT2D eigenvalue weighted by Gasteiger charge is -2.12. The molecule has 0 atom stereocenters. The van der Waals surface area contributed by atoms with Crippen LogP contribution in [0.1, 0.15) is 10.4 Å². The van der Waals surface area contributed by atoms with E-state index < -0.39 is 0 Å². The third-order valence-corrected chi connectivity index (χ3v) is 4.49. The quantitative estimate of drug-likeness (QED) is 0.624. The highest BCUT2D eigenvalue weighted by Crippen LogP contribution is 2.18. The number of nitrogens with zero attached hydrogens (tertiary/aromatic N) is 1. The summed E-state index contributed by atoms with van der Waals surface area (Å²) in [6, 6.07) is 8.90. The zero-order valence-corrected chi connectivity index (χ0v) is 14.0. The monoisotopic (exact) mass is 339 g/mol. The van der Waals surface area contributed by atoms with E-state index in [-0.39, 0.29) is 5.82 Å². The Balaban J connectivity index is 1.74. The van der Waals surface area contributed by atoms with Gasteiger partial charge in [0.25, 0.3) is 0 Å². The molecule has 1 aromatic heterocycles. The fourth-order valence-corrected chi connectivity index (χ4v) is 3.02. The van der Waals surface area contributed by atoms with Gasteiger partial charge >= 0.3 is 0 Å². The maximum absolute atomic E-state index is 13.7. The van der Waals surface area contributed by atoms with E-state index in [1.54, 1.807) is 30.5 Å². The van der Waals surface area contributed by atoms with E-state index >= 15 is 0 Å². The highest BCUT2D eigenvalue weighted by atomic mass is 35.5. The topological polar surface area (TPSA) is 36.4 Å². The smallest absolute Gasteiger partial charge is 0.190 e. The Kier molecular flexibility index (Phi) is 6.68. The Morgan fingerprint density at radius 3 is 2.59 bits per heavy atom. The van der Waals surface area contributed by atoms with Crippen LogP contribution in [-0.4, -0.2) is 26.1 Å². The average molecular weight is 340 g/mol. The molecule has 6 heteroatoms. The average Bonchev–Trinajstić information content (AvgIpc) is 3.01. The van der Waals surface area contributed by atoms with Gasteiger partial charge < -0.3 is 10.6 Å². The van der Waals surface area contributed by atoms with Crippen LogP contribution in [0, 0.1) is 5.82 Å². The molecule has 0 unspecified atom stereocenters. The Morgan fingerprint density at radius 2 is 1.95 bits per heavy atom. The number of benzene rings is 1. The van der Waals surface area contributed by atoms with Gasteiger partial charge in [-0.15, -0.1) is 11.3 Å². The van der Waals surface area contributed by atoms with Crippen molar-refractivity contribution in [3.05, 3.63) is 57.0 Å². The molecule has 2 rings (SSSR count). The summed E-state index contributed by atoms with van der Waals surface area (Å²) in [5.41, 5.74) is 0.533.